The summed E-state index contributed by atoms with van der Waals surface area (Å²) in [5.41, 5.74) is -0.352. The van der Waals surface area contributed by atoms with Gasteiger partial charge in [-0.2, -0.15) is 13.2 Å². The molecule has 2 aromatic carbocycles. The van der Waals surface area contributed by atoms with Gasteiger partial charge in [0.15, 0.2) is 0 Å². The molecule has 1 atom stereocenters. The van der Waals surface area contributed by atoms with E-state index in [1.165, 1.54) is 7.11 Å². The predicted molar refractivity (Wildman–Crippen MR) is 94.3 cm³/mol. The highest BCUT2D eigenvalue weighted by atomic mass is 19.4. The van der Waals surface area contributed by atoms with Crippen LogP contribution in [0.4, 0.5) is 23.2 Å². The molecule has 0 aliphatic carbocycles. The molecule has 0 saturated carbocycles. The molecule has 9 heteroatoms. The predicted octanol–water partition coefficient (Wildman–Crippen LogP) is 3.98. The Kier molecular flexibility index (Phi) is 6.27. The van der Waals surface area contributed by atoms with Crippen molar-refractivity contribution < 1.29 is 31.9 Å². The maximum Gasteiger partial charge on any atom is 0.419 e. The minimum Gasteiger partial charge on any atom is -0.496 e. The number of ether oxygens (including phenoxy) is 1. The Morgan fingerprint density at radius 1 is 1.07 bits per heavy atom. The van der Waals surface area contributed by atoms with Gasteiger partial charge in [0.1, 0.15) is 11.6 Å². The van der Waals surface area contributed by atoms with Crippen molar-refractivity contribution in [3.8, 4) is 5.75 Å². The summed E-state index contributed by atoms with van der Waals surface area (Å²) in [6.07, 6.45) is -4.93. The Labute approximate surface area is 158 Å². The molecular formula is C19H18F4N2O3. The zero-order valence-corrected chi connectivity index (χ0v) is 15.3. The molecule has 1 unspecified atom stereocenters. The van der Waals surface area contributed by atoms with Gasteiger partial charge in [-0.15, -0.1) is 0 Å². The Balaban J connectivity index is 2.12. The van der Waals surface area contributed by atoms with E-state index < -0.39 is 35.4 Å². The Morgan fingerprint density at radius 2 is 1.75 bits per heavy atom. The second-order valence-electron chi connectivity index (χ2n) is 6.09. The average Bonchev–Trinajstić information content (AvgIpc) is 2.62. The Morgan fingerprint density at radius 3 is 2.36 bits per heavy atom. The molecule has 0 spiro atoms. The van der Waals surface area contributed by atoms with Gasteiger partial charge in [0.25, 0.3) is 0 Å². The molecule has 2 rings (SSSR count). The number of carbonyl (C=O) groups excluding carboxylic acids is 2. The lowest BCUT2D eigenvalue weighted by atomic mass is 10.0. The number of alkyl halides is 3. The van der Waals surface area contributed by atoms with Crippen molar-refractivity contribution in [2.75, 3.05) is 12.4 Å². The highest BCUT2D eigenvalue weighted by molar-refractivity contribution is 6.39. The van der Waals surface area contributed by atoms with E-state index in [4.69, 9.17) is 4.74 Å². The number of benzene rings is 2. The van der Waals surface area contributed by atoms with Crippen molar-refractivity contribution in [1.29, 1.82) is 0 Å². The fourth-order valence-corrected chi connectivity index (χ4v) is 2.54. The van der Waals surface area contributed by atoms with E-state index in [-0.39, 0.29) is 5.69 Å². The molecule has 0 heterocycles. The van der Waals surface area contributed by atoms with Crippen LogP contribution in [-0.2, 0) is 15.8 Å². The standard InChI is InChI=1S/C19H18F4N2O3/c1-10-4-7-16(28-3)13(8-10)11(2)24-17(26)18(27)25-12-5-6-15(20)14(9-12)19(21,22)23/h4-9,11H,1-3H3,(H,24,26)(H,25,27). The van der Waals surface area contributed by atoms with Crippen molar-refractivity contribution in [2.45, 2.75) is 26.1 Å². The molecule has 0 aromatic heterocycles. The molecule has 5 nitrogen and oxygen atoms in total. The molecule has 0 bridgehead atoms. The average molecular weight is 398 g/mol. The molecule has 28 heavy (non-hydrogen) atoms. The lowest BCUT2D eigenvalue weighted by Crippen LogP contribution is -2.37. The molecule has 150 valence electrons. The second-order valence-corrected chi connectivity index (χ2v) is 6.09. The van der Waals surface area contributed by atoms with Crippen molar-refractivity contribution in [3.05, 3.63) is 58.9 Å². The first-order chi connectivity index (χ1) is 13.0. The number of aryl methyl sites for hydroxylation is 1. The number of hydrogen-bond acceptors (Lipinski definition) is 3. The minimum absolute atomic E-state index is 0.352. The van der Waals surface area contributed by atoms with Crippen LogP contribution in [0.15, 0.2) is 36.4 Å². The van der Waals surface area contributed by atoms with E-state index in [0.29, 0.717) is 23.4 Å². The van der Waals surface area contributed by atoms with Crippen LogP contribution in [-0.4, -0.2) is 18.9 Å². The molecule has 0 aliphatic heterocycles. The molecule has 2 amide bonds. The zero-order chi connectivity index (χ0) is 21.1. The van der Waals surface area contributed by atoms with Gasteiger partial charge >= 0.3 is 18.0 Å². The largest absolute Gasteiger partial charge is 0.496 e. The fourth-order valence-electron chi connectivity index (χ4n) is 2.54. The summed E-state index contributed by atoms with van der Waals surface area (Å²) in [6, 6.07) is 6.62. The van der Waals surface area contributed by atoms with E-state index in [0.717, 1.165) is 11.6 Å². The van der Waals surface area contributed by atoms with Gasteiger partial charge in [-0.05, 0) is 38.1 Å². The number of hydrogen-bond donors (Lipinski definition) is 2. The Hall–Kier alpha value is -3.10. The van der Waals surface area contributed by atoms with Crippen LogP contribution in [0.2, 0.25) is 0 Å². The number of halogens is 4. The molecule has 0 aliphatic rings. The fraction of sp³-hybridized carbons (Fsp3) is 0.263. The summed E-state index contributed by atoms with van der Waals surface area (Å²) >= 11 is 0. The number of nitrogens with one attached hydrogen (secondary N) is 2. The highest BCUT2D eigenvalue weighted by Gasteiger charge is 2.34. The molecule has 0 saturated heterocycles. The van der Waals surface area contributed by atoms with Crippen LogP contribution in [0.3, 0.4) is 0 Å². The lowest BCUT2D eigenvalue weighted by Gasteiger charge is -2.18. The monoisotopic (exact) mass is 398 g/mol. The number of carbonyl (C=O) groups is 2. The molecular weight excluding hydrogens is 380 g/mol. The molecule has 0 radical (unpaired) electrons. The van der Waals surface area contributed by atoms with Gasteiger partial charge in [0.05, 0.1) is 18.7 Å². The van der Waals surface area contributed by atoms with Crippen LogP contribution in [0.1, 0.15) is 29.7 Å². The van der Waals surface area contributed by atoms with Crippen LogP contribution in [0.25, 0.3) is 0 Å². The minimum atomic E-state index is -4.93. The first kappa shape index (κ1) is 21.2. The van der Waals surface area contributed by atoms with Crippen molar-refractivity contribution in [1.82, 2.24) is 5.32 Å². The topological polar surface area (TPSA) is 67.4 Å². The van der Waals surface area contributed by atoms with Crippen LogP contribution < -0.4 is 15.4 Å². The van der Waals surface area contributed by atoms with E-state index in [9.17, 15) is 27.2 Å². The van der Waals surface area contributed by atoms with Gasteiger partial charge in [-0.3, -0.25) is 9.59 Å². The van der Waals surface area contributed by atoms with Crippen molar-refractivity contribution >= 4 is 17.5 Å². The third kappa shape index (κ3) is 4.99. The van der Waals surface area contributed by atoms with E-state index in [1.54, 1.807) is 19.1 Å². The SMILES string of the molecule is COc1ccc(C)cc1C(C)NC(=O)C(=O)Nc1ccc(F)c(C(F)(F)F)c1. The number of amides is 2. The van der Waals surface area contributed by atoms with Gasteiger partial charge in [-0.25, -0.2) is 4.39 Å². The summed E-state index contributed by atoms with van der Waals surface area (Å²) < 4.78 is 56.8. The van der Waals surface area contributed by atoms with Gasteiger partial charge in [0.2, 0.25) is 0 Å². The van der Waals surface area contributed by atoms with Gasteiger partial charge in [-0.1, -0.05) is 17.7 Å². The van der Waals surface area contributed by atoms with Crippen LogP contribution >= 0.6 is 0 Å². The third-order valence-corrected chi connectivity index (χ3v) is 3.94. The molecule has 2 N–H and O–H groups in total. The third-order valence-electron chi connectivity index (χ3n) is 3.94. The smallest absolute Gasteiger partial charge is 0.419 e. The van der Waals surface area contributed by atoms with Gasteiger partial charge in [0, 0.05) is 11.3 Å². The summed E-state index contributed by atoms with van der Waals surface area (Å²) in [5, 5.41) is 4.48. The van der Waals surface area contributed by atoms with Gasteiger partial charge < -0.3 is 15.4 Å². The maximum atomic E-state index is 13.3. The summed E-state index contributed by atoms with van der Waals surface area (Å²) in [7, 11) is 1.46. The zero-order valence-electron chi connectivity index (χ0n) is 15.3. The quantitative estimate of drug-likeness (QED) is 0.605. The molecule has 2 aromatic rings. The summed E-state index contributed by atoms with van der Waals surface area (Å²) in [5.74, 6) is -3.21. The van der Waals surface area contributed by atoms with Crippen LogP contribution in [0, 0.1) is 12.7 Å². The first-order valence-electron chi connectivity index (χ1n) is 8.16. The normalized spacial score (nSPS) is 12.2. The number of methoxy groups -OCH3 is 1. The van der Waals surface area contributed by atoms with Crippen LogP contribution in [0.5, 0.6) is 5.75 Å². The number of rotatable bonds is 4. The Bertz CT molecular complexity index is 897. The maximum absolute atomic E-state index is 13.3. The molecule has 0 fully saturated rings. The lowest BCUT2D eigenvalue weighted by molar-refractivity contribution is -0.140. The van der Waals surface area contributed by atoms with E-state index in [2.05, 4.69) is 5.32 Å². The number of anilines is 1. The summed E-state index contributed by atoms with van der Waals surface area (Å²) in [6.45, 7) is 3.47. The van der Waals surface area contributed by atoms with E-state index in [1.807, 2.05) is 18.3 Å². The highest BCUT2D eigenvalue weighted by Crippen LogP contribution is 2.33. The first-order valence-corrected chi connectivity index (χ1v) is 8.16. The van der Waals surface area contributed by atoms with Crippen molar-refractivity contribution in [3.63, 3.8) is 0 Å². The van der Waals surface area contributed by atoms with E-state index >= 15 is 0 Å². The summed E-state index contributed by atoms with van der Waals surface area (Å²) in [4.78, 5) is 24.1. The second kappa shape index (κ2) is 8.28. The van der Waals surface area contributed by atoms with Crippen molar-refractivity contribution in [2.24, 2.45) is 0 Å².